The van der Waals surface area contributed by atoms with Crippen molar-refractivity contribution in [1.82, 2.24) is 0 Å². The van der Waals surface area contributed by atoms with Crippen molar-refractivity contribution >= 4 is 17.3 Å². The highest BCUT2D eigenvalue weighted by Gasteiger charge is 2.16. The van der Waals surface area contributed by atoms with Crippen LogP contribution < -0.4 is 14.8 Å². The van der Waals surface area contributed by atoms with Gasteiger partial charge in [-0.15, -0.1) is 0 Å². The lowest BCUT2D eigenvalue weighted by Gasteiger charge is -2.14. The highest BCUT2D eigenvalue weighted by molar-refractivity contribution is 6.02. The number of non-ortho nitro benzene ring substituents is 1. The zero-order valence-corrected chi connectivity index (χ0v) is 17.8. The molecule has 162 valence electrons. The monoisotopic (exact) mass is 424 g/mol. The van der Waals surface area contributed by atoms with Gasteiger partial charge in [0.2, 0.25) is 0 Å². The molecule has 31 heavy (non-hydrogen) atoms. The Hall–Kier alpha value is -3.81. The van der Waals surface area contributed by atoms with Crippen LogP contribution in [-0.2, 0) is 6.61 Å². The van der Waals surface area contributed by atoms with Gasteiger partial charge in [-0.3, -0.25) is 14.9 Å². The maximum atomic E-state index is 12.5. The summed E-state index contributed by atoms with van der Waals surface area (Å²) in [6.45, 7) is 6.35. The van der Waals surface area contributed by atoms with Gasteiger partial charge < -0.3 is 19.2 Å². The van der Waals surface area contributed by atoms with E-state index >= 15 is 0 Å². The Bertz CT molecular complexity index is 1100. The molecule has 0 fully saturated rings. The Balaban J connectivity index is 1.70. The fraction of sp³-hybridized carbons (Fsp3) is 0.261. The van der Waals surface area contributed by atoms with Crippen molar-refractivity contribution in [2.45, 2.75) is 33.3 Å². The van der Waals surface area contributed by atoms with Gasteiger partial charge in [0, 0.05) is 12.1 Å². The smallest absolute Gasteiger partial charge is 0.291 e. The molecule has 0 aliphatic rings. The van der Waals surface area contributed by atoms with Crippen LogP contribution in [-0.4, -0.2) is 17.9 Å². The fourth-order valence-corrected chi connectivity index (χ4v) is 3.04. The predicted octanol–water partition coefficient (Wildman–Crippen LogP) is 5.46. The number of anilines is 1. The van der Waals surface area contributed by atoms with Crippen LogP contribution in [0, 0.1) is 17.0 Å². The number of carbonyl (C=O) groups excluding carboxylic acids is 1. The van der Waals surface area contributed by atoms with Gasteiger partial charge in [-0.1, -0.05) is 26.0 Å². The van der Waals surface area contributed by atoms with Crippen molar-refractivity contribution in [1.29, 1.82) is 0 Å². The second-order valence-corrected chi connectivity index (χ2v) is 7.38. The minimum Gasteiger partial charge on any atom is -0.496 e. The van der Waals surface area contributed by atoms with E-state index in [-0.39, 0.29) is 29.5 Å². The van der Waals surface area contributed by atoms with Crippen molar-refractivity contribution in [2.24, 2.45) is 0 Å². The highest BCUT2D eigenvalue weighted by atomic mass is 16.6. The van der Waals surface area contributed by atoms with Crippen molar-refractivity contribution in [3.05, 3.63) is 81.3 Å². The molecule has 1 heterocycles. The van der Waals surface area contributed by atoms with Gasteiger partial charge in [-0.05, 0) is 42.2 Å². The first-order valence-corrected chi connectivity index (χ1v) is 9.73. The lowest BCUT2D eigenvalue weighted by molar-refractivity contribution is -0.384. The molecule has 1 aromatic heterocycles. The summed E-state index contributed by atoms with van der Waals surface area (Å²) in [6.07, 6.45) is 0. The SMILES string of the molecule is COc1cc(NC(=O)c2ccc(COc3cc(C)ccc3C(C)C)o2)cc([N+](=O)[O-])c1. The number of furan rings is 1. The zero-order valence-electron chi connectivity index (χ0n) is 17.8. The van der Waals surface area contributed by atoms with Gasteiger partial charge in [0.1, 0.15) is 23.9 Å². The first kappa shape index (κ1) is 21.9. The Kier molecular flexibility index (Phi) is 6.59. The summed E-state index contributed by atoms with van der Waals surface area (Å²) in [5.74, 6) is 1.36. The third-order valence-corrected chi connectivity index (χ3v) is 4.64. The van der Waals surface area contributed by atoms with E-state index in [0.717, 1.165) is 16.9 Å². The lowest BCUT2D eigenvalue weighted by Crippen LogP contribution is -2.11. The summed E-state index contributed by atoms with van der Waals surface area (Å²) in [4.78, 5) is 23.0. The van der Waals surface area contributed by atoms with E-state index in [2.05, 4.69) is 19.2 Å². The number of rotatable bonds is 8. The molecule has 3 aromatic rings. The molecule has 0 unspecified atom stereocenters. The number of hydrogen-bond acceptors (Lipinski definition) is 6. The number of methoxy groups -OCH3 is 1. The molecule has 1 N–H and O–H groups in total. The third-order valence-electron chi connectivity index (χ3n) is 4.64. The van der Waals surface area contributed by atoms with Gasteiger partial charge in [-0.2, -0.15) is 0 Å². The number of nitro groups is 1. The number of nitrogens with one attached hydrogen (secondary N) is 1. The predicted molar refractivity (Wildman–Crippen MR) is 116 cm³/mol. The number of ether oxygens (including phenoxy) is 2. The normalized spacial score (nSPS) is 10.7. The largest absolute Gasteiger partial charge is 0.496 e. The summed E-state index contributed by atoms with van der Waals surface area (Å²) in [5.41, 5.74) is 2.22. The van der Waals surface area contributed by atoms with Crippen LogP contribution in [0.1, 0.15) is 47.2 Å². The first-order chi connectivity index (χ1) is 14.8. The van der Waals surface area contributed by atoms with Crippen LogP contribution in [0.15, 0.2) is 52.9 Å². The third kappa shape index (κ3) is 5.42. The molecular formula is C23H24N2O6. The van der Waals surface area contributed by atoms with E-state index in [9.17, 15) is 14.9 Å². The molecule has 0 saturated carbocycles. The van der Waals surface area contributed by atoms with Gasteiger partial charge in [0.25, 0.3) is 11.6 Å². The number of nitro benzene ring substituents is 1. The molecule has 1 amide bonds. The molecule has 0 bridgehead atoms. The first-order valence-electron chi connectivity index (χ1n) is 9.73. The topological polar surface area (TPSA) is 104 Å². The average molecular weight is 424 g/mol. The molecule has 3 rings (SSSR count). The van der Waals surface area contributed by atoms with Crippen LogP contribution >= 0.6 is 0 Å². The van der Waals surface area contributed by atoms with E-state index < -0.39 is 10.8 Å². The second-order valence-electron chi connectivity index (χ2n) is 7.38. The number of benzene rings is 2. The molecule has 0 aliphatic carbocycles. The van der Waals surface area contributed by atoms with E-state index in [4.69, 9.17) is 13.9 Å². The van der Waals surface area contributed by atoms with Crippen molar-refractivity contribution in [2.75, 3.05) is 12.4 Å². The number of hydrogen-bond donors (Lipinski definition) is 1. The van der Waals surface area contributed by atoms with E-state index in [1.807, 2.05) is 25.1 Å². The van der Waals surface area contributed by atoms with Gasteiger partial charge in [-0.25, -0.2) is 0 Å². The Morgan fingerprint density at radius 1 is 1.16 bits per heavy atom. The summed E-state index contributed by atoms with van der Waals surface area (Å²) in [6, 6.07) is 13.3. The zero-order chi connectivity index (χ0) is 22.5. The van der Waals surface area contributed by atoms with Crippen LogP contribution in [0.4, 0.5) is 11.4 Å². The summed E-state index contributed by atoms with van der Waals surface area (Å²) in [7, 11) is 1.39. The molecule has 0 aliphatic heterocycles. The number of amides is 1. The minimum absolute atomic E-state index is 0.0670. The summed E-state index contributed by atoms with van der Waals surface area (Å²) in [5, 5.41) is 13.7. The van der Waals surface area contributed by atoms with Gasteiger partial charge >= 0.3 is 0 Å². The standard InChI is InChI=1S/C23H24N2O6/c1-14(2)20-7-5-15(3)9-22(20)30-13-18-6-8-21(31-18)23(26)24-16-10-17(25(27)28)12-19(11-16)29-4/h5-12,14H,13H2,1-4H3,(H,24,26). The Labute approximate surface area is 179 Å². The highest BCUT2D eigenvalue weighted by Crippen LogP contribution is 2.29. The van der Waals surface area contributed by atoms with Crippen molar-refractivity contribution in [3.63, 3.8) is 0 Å². The van der Waals surface area contributed by atoms with Crippen LogP contribution in [0.2, 0.25) is 0 Å². The van der Waals surface area contributed by atoms with Crippen LogP contribution in [0.3, 0.4) is 0 Å². The Morgan fingerprint density at radius 3 is 2.61 bits per heavy atom. The number of aryl methyl sites for hydroxylation is 1. The van der Waals surface area contributed by atoms with Gasteiger partial charge in [0.05, 0.1) is 23.8 Å². The summed E-state index contributed by atoms with van der Waals surface area (Å²) < 4.78 is 16.6. The molecule has 2 aromatic carbocycles. The molecule has 0 radical (unpaired) electrons. The molecule has 8 nitrogen and oxygen atoms in total. The Morgan fingerprint density at radius 2 is 1.94 bits per heavy atom. The second kappa shape index (κ2) is 9.34. The van der Waals surface area contributed by atoms with E-state index in [1.165, 1.54) is 31.4 Å². The fourth-order valence-electron chi connectivity index (χ4n) is 3.04. The van der Waals surface area contributed by atoms with E-state index in [1.54, 1.807) is 6.07 Å². The quantitative estimate of drug-likeness (QED) is 0.380. The maximum Gasteiger partial charge on any atom is 0.291 e. The average Bonchev–Trinajstić information content (AvgIpc) is 3.21. The molecular weight excluding hydrogens is 400 g/mol. The lowest BCUT2D eigenvalue weighted by atomic mass is 10.0. The molecule has 0 saturated heterocycles. The molecule has 8 heteroatoms. The number of carbonyl (C=O) groups is 1. The maximum absolute atomic E-state index is 12.5. The van der Waals surface area contributed by atoms with Gasteiger partial charge in [0.15, 0.2) is 5.76 Å². The van der Waals surface area contributed by atoms with Crippen molar-refractivity contribution < 1.29 is 23.6 Å². The van der Waals surface area contributed by atoms with Crippen molar-refractivity contribution in [3.8, 4) is 11.5 Å². The molecule has 0 atom stereocenters. The van der Waals surface area contributed by atoms with Crippen LogP contribution in [0.25, 0.3) is 0 Å². The minimum atomic E-state index is -0.558. The number of nitrogens with zero attached hydrogens (tertiary/aromatic N) is 1. The van der Waals surface area contributed by atoms with Crippen LogP contribution in [0.5, 0.6) is 11.5 Å². The summed E-state index contributed by atoms with van der Waals surface area (Å²) >= 11 is 0. The van der Waals surface area contributed by atoms with E-state index in [0.29, 0.717) is 11.7 Å². The molecule has 0 spiro atoms.